The molecule has 18 heavy (non-hydrogen) atoms. The van der Waals surface area contributed by atoms with E-state index in [9.17, 15) is 9.59 Å². The van der Waals surface area contributed by atoms with Crippen molar-refractivity contribution < 1.29 is 19.4 Å². The highest BCUT2D eigenvalue weighted by Crippen LogP contribution is 2.11. The summed E-state index contributed by atoms with van der Waals surface area (Å²) in [6, 6.07) is 0. The van der Waals surface area contributed by atoms with Crippen molar-refractivity contribution in [1.29, 1.82) is 0 Å². The summed E-state index contributed by atoms with van der Waals surface area (Å²) in [7, 11) is 3.03. The Hall–Kier alpha value is -1.89. The van der Waals surface area contributed by atoms with E-state index in [-0.39, 0.29) is 12.5 Å². The summed E-state index contributed by atoms with van der Waals surface area (Å²) in [5.74, 6) is -1.46. The first-order valence-corrected chi connectivity index (χ1v) is 5.42. The minimum atomic E-state index is -1.11. The van der Waals surface area contributed by atoms with Gasteiger partial charge in [0.1, 0.15) is 0 Å². The molecule has 0 aliphatic carbocycles. The highest BCUT2D eigenvalue weighted by Gasteiger charge is 2.21. The number of methoxy groups -OCH3 is 1. The normalized spacial score (nSPS) is 12.2. The summed E-state index contributed by atoms with van der Waals surface area (Å²) >= 11 is 0. The zero-order valence-electron chi connectivity index (χ0n) is 10.9. The topological polar surface area (TPSA) is 93.5 Å². The van der Waals surface area contributed by atoms with E-state index in [1.807, 2.05) is 0 Å². The summed E-state index contributed by atoms with van der Waals surface area (Å²) in [6.07, 6.45) is -1.05. The number of rotatable bonds is 5. The average Bonchev–Trinajstić information content (AvgIpc) is 2.53. The van der Waals surface area contributed by atoms with Gasteiger partial charge in [0.05, 0.1) is 17.8 Å². The highest BCUT2D eigenvalue weighted by atomic mass is 16.5. The molecule has 0 saturated heterocycles. The van der Waals surface area contributed by atoms with E-state index in [0.717, 1.165) is 5.69 Å². The summed E-state index contributed by atoms with van der Waals surface area (Å²) in [6.45, 7) is 3.42. The maximum Gasteiger partial charge on any atom is 0.334 e. The molecule has 0 aliphatic heterocycles. The highest BCUT2D eigenvalue weighted by molar-refractivity contribution is 5.96. The van der Waals surface area contributed by atoms with Crippen LogP contribution >= 0.6 is 0 Å². The fourth-order valence-corrected chi connectivity index (χ4v) is 1.65. The number of ether oxygens (including phenoxy) is 1. The van der Waals surface area contributed by atoms with Gasteiger partial charge in [0, 0.05) is 19.9 Å². The first-order valence-electron chi connectivity index (χ1n) is 5.42. The molecular weight excluding hydrogens is 238 g/mol. The second-order valence-electron chi connectivity index (χ2n) is 3.94. The molecule has 0 spiro atoms. The summed E-state index contributed by atoms with van der Waals surface area (Å²) < 4.78 is 6.33. The SMILES string of the molecule is COC(CNC(=O)c1c(C)nn(C)c1C)C(=O)O. The van der Waals surface area contributed by atoms with Gasteiger partial charge in [-0.15, -0.1) is 0 Å². The molecule has 1 amide bonds. The van der Waals surface area contributed by atoms with Crippen LogP contribution in [0.5, 0.6) is 0 Å². The molecule has 1 unspecified atom stereocenters. The molecule has 1 atom stereocenters. The van der Waals surface area contributed by atoms with Crippen molar-refractivity contribution in [3.8, 4) is 0 Å². The van der Waals surface area contributed by atoms with Crippen LogP contribution in [0.4, 0.5) is 0 Å². The Kier molecular flexibility index (Phi) is 4.43. The molecule has 0 aliphatic rings. The Morgan fingerprint density at radius 1 is 1.50 bits per heavy atom. The Morgan fingerprint density at radius 3 is 2.50 bits per heavy atom. The first-order chi connectivity index (χ1) is 8.38. The number of carboxylic acids is 1. The lowest BCUT2D eigenvalue weighted by molar-refractivity contribution is -0.148. The van der Waals surface area contributed by atoms with Gasteiger partial charge in [0.15, 0.2) is 6.10 Å². The summed E-state index contributed by atoms with van der Waals surface area (Å²) in [5.41, 5.74) is 1.81. The number of nitrogens with one attached hydrogen (secondary N) is 1. The van der Waals surface area contributed by atoms with Crippen molar-refractivity contribution in [3.05, 3.63) is 17.0 Å². The van der Waals surface area contributed by atoms with E-state index in [4.69, 9.17) is 9.84 Å². The lowest BCUT2D eigenvalue weighted by Crippen LogP contribution is -2.38. The zero-order chi connectivity index (χ0) is 13.9. The van der Waals surface area contributed by atoms with Crippen LogP contribution in [-0.4, -0.2) is 46.5 Å². The van der Waals surface area contributed by atoms with Crippen LogP contribution < -0.4 is 5.32 Å². The van der Waals surface area contributed by atoms with Crippen LogP contribution in [0.2, 0.25) is 0 Å². The molecule has 0 aromatic carbocycles. The molecule has 100 valence electrons. The first kappa shape index (κ1) is 14.2. The number of amides is 1. The number of hydrogen-bond acceptors (Lipinski definition) is 4. The van der Waals surface area contributed by atoms with Gasteiger partial charge in [-0.3, -0.25) is 9.48 Å². The van der Waals surface area contributed by atoms with Gasteiger partial charge in [-0.25, -0.2) is 4.79 Å². The lowest BCUT2D eigenvalue weighted by Gasteiger charge is -2.11. The van der Waals surface area contributed by atoms with Gasteiger partial charge < -0.3 is 15.2 Å². The Morgan fingerprint density at radius 2 is 2.11 bits per heavy atom. The second-order valence-corrected chi connectivity index (χ2v) is 3.94. The van der Waals surface area contributed by atoms with Gasteiger partial charge in [-0.05, 0) is 13.8 Å². The van der Waals surface area contributed by atoms with E-state index in [2.05, 4.69) is 10.4 Å². The van der Waals surface area contributed by atoms with Crippen molar-refractivity contribution in [1.82, 2.24) is 15.1 Å². The monoisotopic (exact) mass is 255 g/mol. The predicted molar refractivity (Wildman–Crippen MR) is 63.4 cm³/mol. The fraction of sp³-hybridized carbons (Fsp3) is 0.545. The number of aromatic nitrogens is 2. The van der Waals surface area contributed by atoms with Crippen LogP contribution in [0.3, 0.4) is 0 Å². The quantitative estimate of drug-likeness (QED) is 0.764. The van der Waals surface area contributed by atoms with E-state index >= 15 is 0 Å². The number of aliphatic carboxylic acids is 1. The molecule has 0 fully saturated rings. The summed E-state index contributed by atoms with van der Waals surface area (Å²) in [4.78, 5) is 22.7. The van der Waals surface area contributed by atoms with E-state index in [1.54, 1.807) is 25.6 Å². The van der Waals surface area contributed by atoms with Crippen LogP contribution in [0.1, 0.15) is 21.7 Å². The van der Waals surface area contributed by atoms with Gasteiger partial charge in [-0.2, -0.15) is 5.10 Å². The van der Waals surface area contributed by atoms with Crippen molar-refractivity contribution in [3.63, 3.8) is 0 Å². The number of aryl methyl sites for hydroxylation is 2. The molecule has 0 saturated carbocycles. The molecule has 2 N–H and O–H groups in total. The molecule has 1 heterocycles. The van der Waals surface area contributed by atoms with E-state index in [1.165, 1.54) is 7.11 Å². The van der Waals surface area contributed by atoms with Crippen molar-refractivity contribution in [2.45, 2.75) is 20.0 Å². The predicted octanol–water partition coefficient (Wildman–Crippen LogP) is -0.134. The maximum atomic E-state index is 11.9. The number of carboxylic acid groups (broad SMARTS) is 1. The minimum absolute atomic E-state index is 0.0849. The lowest BCUT2D eigenvalue weighted by atomic mass is 10.2. The van der Waals surface area contributed by atoms with Gasteiger partial charge in [-0.1, -0.05) is 0 Å². The van der Waals surface area contributed by atoms with Crippen LogP contribution in [0, 0.1) is 13.8 Å². The number of carbonyl (C=O) groups excluding carboxylic acids is 1. The second kappa shape index (κ2) is 5.63. The molecule has 7 heteroatoms. The van der Waals surface area contributed by atoms with E-state index < -0.39 is 12.1 Å². The van der Waals surface area contributed by atoms with Crippen LogP contribution in [-0.2, 0) is 16.6 Å². The molecule has 1 rings (SSSR count). The third kappa shape index (κ3) is 2.86. The Balaban J connectivity index is 2.74. The standard InChI is InChI=1S/C11H17N3O4/c1-6-9(7(2)14(3)13-6)10(15)12-5-8(18-4)11(16)17/h8H,5H2,1-4H3,(H,12,15)(H,16,17). The third-order valence-corrected chi connectivity index (χ3v) is 2.74. The molecular formula is C11H17N3O4. The van der Waals surface area contributed by atoms with Crippen LogP contribution in [0.15, 0.2) is 0 Å². The van der Waals surface area contributed by atoms with Gasteiger partial charge >= 0.3 is 5.97 Å². The fourth-order valence-electron chi connectivity index (χ4n) is 1.65. The number of carbonyl (C=O) groups is 2. The van der Waals surface area contributed by atoms with Crippen molar-refractivity contribution in [2.24, 2.45) is 7.05 Å². The average molecular weight is 255 g/mol. The Bertz CT molecular complexity index is 467. The largest absolute Gasteiger partial charge is 0.479 e. The third-order valence-electron chi connectivity index (χ3n) is 2.74. The smallest absolute Gasteiger partial charge is 0.334 e. The minimum Gasteiger partial charge on any atom is -0.479 e. The van der Waals surface area contributed by atoms with Crippen molar-refractivity contribution >= 4 is 11.9 Å². The number of hydrogen-bond donors (Lipinski definition) is 2. The molecule has 0 radical (unpaired) electrons. The maximum absolute atomic E-state index is 11.9. The van der Waals surface area contributed by atoms with Crippen LogP contribution in [0.25, 0.3) is 0 Å². The summed E-state index contributed by atoms with van der Waals surface area (Å²) in [5, 5.41) is 15.4. The Labute approximate surface area is 105 Å². The molecule has 1 aromatic heterocycles. The van der Waals surface area contributed by atoms with E-state index in [0.29, 0.717) is 11.3 Å². The zero-order valence-corrected chi connectivity index (χ0v) is 10.9. The molecule has 0 bridgehead atoms. The van der Waals surface area contributed by atoms with Gasteiger partial charge in [0.25, 0.3) is 5.91 Å². The molecule has 7 nitrogen and oxygen atoms in total. The van der Waals surface area contributed by atoms with Crippen molar-refractivity contribution in [2.75, 3.05) is 13.7 Å². The number of nitrogens with zero attached hydrogens (tertiary/aromatic N) is 2. The van der Waals surface area contributed by atoms with Gasteiger partial charge in [0.2, 0.25) is 0 Å². The molecule has 1 aromatic rings.